The molecule has 0 aliphatic carbocycles. The number of hydrogen-bond acceptors (Lipinski definition) is 4. The second-order valence-corrected chi connectivity index (χ2v) is 7.43. The number of hydrogen-bond donors (Lipinski definition) is 1. The summed E-state index contributed by atoms with van der Waals surface area (Å²) in [5.74, 6) is -0.133. The predicted molar refractivity (Wildman–Crippen MR) is 99.6 cm³/mol. The minimum atomic E-state index is -0.349. The topological polar surface area (TPSA) is 53.0 Å². The van der Waals surface area contributed by atoms with E-state index in [2.05, 4.69) is 18.7 Å². The van der Waals surface area contributed by atoms with E-state index in [1.807, 2.05) is 6.92 Å². The van der Waals surface area contributed by atoms with Crippen LogP contribution < -0.4 is 0 Å². The van der Waals surface area contributed by atoms with Crippen molar-refractivity contribution in [2.45, 2.75) is 39.4 Å². The molecular formula is C20H31FN2O3. The number of halogens is 1. The highest BCUT2D eigenvalue weighted by Gasteiger charge is 2.26. The molecule has 2 atom stereocenters. The molecule has 1 aromatic rings. The van der Waals surface area contributed by atoms with Gasteiger partial charge in [0, 0.05) is 38.3 Å². The Morgan fingerprint density at radius 3 is 2.69 bits per heavy atom. The van der Waals surface area contributed by atoms with E-state index in [0.29, 0.717) is 44.3 Å². The van der Waals surface area contributed by atoms with E-state index in [0.717, 1.165) is 13.0 Å². The summed E-state index contributed by atoms with van der Waals surface area (Å²) >= 11 is 0. The number of morpholine rings is 1. The first-order chi connectivity index (χ1) is 12.4. The number of carbonyl (C=O) groups excluding carboxylic acids is 1. The van der Waals surface area contributed by atoms with Gasteiger partial charge in [-0.3, -0.25) is 9.69 Å². The van der Waals surface area contributed by atoms with Crippen LogP contribution in [-0.2, 0) is 4.74 Å². The molecule has 146 valence electrons. The zero-order valence-electron chi connectivity index (χ0n) is 16.0. The van der Waals surface area contributed by atoms with Crippen LogP contribution in [-0.4, -0.2) is 72.4 Å². The Morgan fingerprint density at radius 2 is 2.08 bits per heavy atom. The minimum Gasteiger partial charge on any atom is -0.392 e. The van der Waals surface area contributed by atoms with Crippen LogP contribution in [0.3, 0.4) is 0 Å². The molecular weight excluding hydrogens is 335 g/mol. The number of β-amino-alcohol motifs (C(OH)–C–C–N with tert-alkyl or cyclic N) is 1. The van der Waals surface area contributed by atoms with Gasteiger partial charge in [-0.2, -0.15) is 0 Å². The fourth-order valence-corrected chi connectivity index (χ4v) is 3.19. The molecule has 1 fully saturated rings. The summed E-state index contributed by atoms with van der Waals surface area (Å²) in [6.45, 7) is 9.93. The first-order valence-corrected chi connectivity index (χ1v) is 9.45. The van der Waals surface area contributed by atoms with E-state index in [9.17, 15) is 14.3 Å². The molecule has 1 N–H and O–H groups in total. The van der Waals surface area contributed by atoms with Crippen LogP contribution in [0.1, 0.15) is 37.6 Å². The fraction of sp³-hybridized carbons (Fsp3) is 0.650. The number of ether oxygens (including phenoxy) is 1. The number of nitrogens with zero attached hydrogens (tertiary/aromatic N) is 2. The number of benzene rings is 1. The van der Waals surface area contributed by atoms with Crippen molar-refractivity contribution < 1.29 is 19.0 Å². The first kappa shape index (κ1) is 20.8. The molecule has 0 bridgehead atoms. The lowest BCUT2D eigenvalue weighted by Gasteiger charge is -2.37. The lowest BCUT2D eigenvalue weighted by Crippen LogP contribution is -2.50. The molecule has 6 heteroatoms. The smallest absolute Gasteiger partial charge is 0.253 e. The van der Waals surface area contributed by atoms with Gasteiger partial charge in [0.25, 0.3) is 5.91 Å². The molecule has 0 radical (unpaired) electrons. The maximum Gasteiger partial charge on any atom is 0.253 e. The number of amides is 1. The van der Waals surface area contributed by atoms with Gasteiger partial charge in [-0.1, -0.05) is 20.8 Å². The van der Waals surface area contributed by atoms with Crippen LogP contribution in [0.25, 0.3) is 0 Å². The Labute approximate surface area is 155 Å². The van der Waals surface area contributed by atoms with E-state index in [1.165, 1.54) is 24.3 Å². The zero-order chi connectivity index (χ0) is 19.1. The number of carbonyl (C=O) groups is 1. The fourth-order valence-electron chi connectivity index (χ4n) is 3.19. The van der Waals surface area contributed by atoms with Crippen molar-refractivity contribution in [3.05, 3.63) is 35.6 Å². The Bertz CT molecular complexity index is 565. The van der Waals surface area contributed by atoms with E-state index in [-0.39, 0.29) is 23.9 Å². The Balaban J connectivity index is 2.02. The Morgan fingerprint density at radius 1 is 1.38 bits per heavy atom. The molecule has 2 rings (SSSR count). The van der Waals surface area contributed by atoms with Crippen molar-refractivity contribution in [2.75, 3.05) is 39.3 Å². The monoisotopic (exact) mass is 366 g/mol. The van der Waals surface area contributed by atoms with Gasteiger partial charge >= 0.3 is 0 Å². The summed E-state index contributed by atoms with van der Waals surface area (Å²) in [6.07, 6.45) is 0.308. The summed E-state index contributed by atoms with van der Waals surface area (Å²) < 4.78 is 19.0. The molecule has 1 heterocycles. The third kappa shape index (κ3) is 6.34. The van der Waals surface area contributed by atoms with Crippen LogP contribution in [0.5, 0.6) is 0 Å². The van der Waals surface area contributed by atoms with Crippen LogP contribution in [0.4, 0.5) is 4.39 Å². The molecule has 1 aliphatic heterocycles. The van der Waals surface area contributed by atoms with Gasteiger partial charge in [0.15, 0.2) is 0 Å². The summed E-state index contributed by atoms with van der Waals surface area (Å²) in [7, 11) is 0. The predicted octanol–water partition coefficient (Wildman–Crippen LogP) is 2.40. The van der Waals surface area contributed by atoms with Crippen molar-refractivity contribution >= 4 is 5.91 Å². The van der Waals surface area contributed by atoms with E-state index >= 15 is 0 Å². The van der Waals surface area contributed by atoms with Gasteiger partial charge in [0.1, 0.15) is 5.82 Å². The summed E-state index contributed by atoms with van der Waals surface area (Å²) in [5, 5.41) is 9.88. The molecule has 26 heavy (non-hydrogen) atoms. The van der Waals surface area contributed by atoms with Crippen molar-refractivity contribution in [3.8, 4) is 0 Å². The second-order valence-electron chi connectivity index (χ2n) is 7.43. The molecule has 1 amide bonds. The minimum absolute atomic E-state index is 0.0871. The van der Waals surface area contributed by atoms with Crippen LogP contribution in [0.15, 0.2) is 24.3 Å². The van der Waals surface area contributed by atoms with Crippen LogP contribution >= 0.6 is 0 Å². The van der Waals surface area contributed by atoms with Crippen LogP contribution in [0.2, 0.25) is 0 Å². The van der Waals surface area contributed by atoms with Crippen LogP contribution in [0, 0.1) is 11.7 Å². The van der Waals surface area contributed by atoms with E-state index < -0.39 is 0 Å². The largest absolute Gasteiger partial charge is 0.392 e. The summed E-state index contributed by atoms with van der Waals surface area (Å²) in [5.41, 5.74) is 0.487. The average molecular weight is 366 g/mol. The van der Waals surface area contributed by atoms with Gasteiger partial charge in [-0.25, -0.2) is 4.39 Å². The number of rotatable bonds is 8. The highest BCUT2D eigenvalue weighted by molar-refractivity contribution is 5.94. The molecule has 0 unspecified atom stereocenters. The second kappa shape index (κ2) is 10.00. The highest BCUT2D eigenvalue weighted by Crippen LogP contribution is 2.14. The quantitative estimate of drug-likeness (QED) is 0.768. The molecule has 1 aromatic carbocycles. The van der Waals surface area contributed by atoms with E-state index in [1.54, 1.807) is 4.90 Å². The SMILES string of the molecule is CC[C@H](O)CN1CCO[C@H](CN(CC(C)C)C(=O)c2ccc(F)cc2)C1. The van der Waals surface area contributed by atoms with E-state index in [4.69, 9.17) is 4.74 Å². The van der Waals surface area contributed by atoms with Gasteiger partial charge < -0.3 is 14.7 Å². The maximum atomic E-state index is 13.1. The van der Waals surface area contributed by atoms with Crippen molar-refractivity contribution in [2.24, 2.45) is 5.92 Å². The number of aliphatic hydroxyl groups is 1. The van der Waals surface area contributed by atoms with Crippen molar-refractivity contribution in [3.63, 3.8) is 0 Å². The first-order valence-electron chi connectivity index (χ1n) is 9.45. The maximum absolute atomic E-state index is 13.1. The Kier molecular flexibility index (Phi) is 8.00. The van der Waals surface area contributed by atoms with Crippen molar-refractivity contribution in [1.82, 2.24) is 9.80 Å². The molecule has 5 nitrogen and oxygen atoms in total. The van der Waals surface area contributed by atoms with Crippen molar-refractivity contribution in [1.29, 1.82) is 0 Å². The molecule has 1 aliphatic rings. The standard InChI is InChI=1S/C20H31FN2O3/c1-4-18(24)12-22-9-10-26-19(13-22)14-23(11-15(2)3)20(25)16-5-7-17(21)8-6-16/h5-8,15,18-19,24H,4,9-14H2,1-3H3/t18-,19-/m0/s1. The Hall–Kier alpha value is -1.50. The lowest BCUT2D eigenvalue weighted by atomic mass is 10.1. The summed E-state index contributed by atoms with van der Waals surface area (Å²) in [4.78, 5) is 16.9. The molecule has 0 aromatic heterocycles. The third-order valence-corrected chi connectivity index (χ3v) is 4.55. The lowest BCUT2D eigenvalue weighted by molar-refractivity contribution is -0.0513. The molecule has 0 spiro atoms. The number of aliphatic hydroxyl groups excluding tert-OH is 1. The molecule has 0 saturated carbocycles. The van der Waals surface area contributed by atoms with Gasteiger partial charge in [0.2, 0.25) is 0 Å². The third-order valence-electron chi connectivity index (χ3n) is 4.55. The zero-order valence-corrected chi connectivity index (χ0v) is 16.0. The molecule has 1 saturated heterocycles. The average Bonchev–Trinajstić information content (AvgIpc) is 2.61. The van der Waals surface area contributed by atoms with Gasteiger partial charge in [0.05, 0.1) is 18.8 Å². The summed E-state index contributed by atoms with van der Waals surface area (Å²) in [6, 6.07) is 5.67. The van der Waals surface area contributed by atoms with Gasteiger partial charge in [-0.15, -0.1) is 0 Å². The normalized spacial score (nSPS) is 19.5. The van der Waals surface area contributed by atoms with Gasteiger partial charge in [-0.05, 0) is 36.6 Å². The highest BCUT2D eigenvalue weighted by atomic mass is 19.1.